The topological polar surface area (TPSA) is 66.4 Å². The van der Waals surface area contributed by atoms with Crippen molar-refractivity contribution in [3.8, 4) is 11.1 Å². The molecule has 1 aliphatic rings. The number of amides is 1. The molecule has 7 heteroatoms. The maximum absolute atomic E-state index is 13.6. The largest absolute Gasteiger partial charge is 0.478 e. The highest BCUT2D eigenvalue weighted by atomic mass is 19.4. The van der Waals surface area contributed by atoms with Crippen molar-refractivity contribution in [1.29, 1.82) is 0 Å². The van der Waals surface area contributed by atoms with Crippen LogP contribution in [0, 0.1) is 5.41 Å². The number of halogens is 3. The molecule has 1 saturated carbocycles. The van der Waals surface area contributed by atoms with Gasteiger partial charge in [-0.15, -0.1) is 0 Å². The molecule has 1 aliphatic carbocycles. The van der Waals surface area contributed by atoms with Gasteiger partial charge in [-0.3, -0.25) is 4.79 Å². The lowest BCUT2D eigenvalue weighted by Gasteiger charge is -2.36. The molecular formula is C30H28F3NO3. The van der Waals surface area contributed by atoms with Crippen LogP contribution in [0.15, 0.2) is 78.9 Å². The normalized spacial score (nSPS) is 15.4. The molecular weight excluding hydrogens is 479 g/mol. The number of alkyl halides is 3. The number of carboxylic acids is 1. The zero-order valence-electron chi connectivity index (χ0n) is 20.2. The van der Waals surface area contributed by atoms with Crippen molar-refractivity contribution < 1.29 is 27.9 Å². The molecule has 0 saturated heterocycles. The third kappa shape index (κ3) is 6.67. The van der Waals surface area contributed by atoms with Crippen molar-refractivity contribution in [3.05, 3.63) is 95.6 Å². The molecule has 0 aliphatic heterocycles. The van der Waals surface area contributed by atoms with Crippen LogP contribution in [-0.4, -0.2) is 17.0 Å². The molecule has 3 aromatic rings. The van der Waals surface area contributed by atoms with E-state index in [-0.39, 0.29) is 5.91 Å². The lowest BCUT2D eigenvalue weighted by molar-refractivity contribution is -0.137. The number of aliphatic carboxylic acids is 1. The highest BCUT2D eigenvalue weighted by Gasteiger charge is 2.39. The van der Waals surface area contributed by atoms with E-state index in [1.54, 1.807) is 24.3 Å². The number of carbonyl (C=O) groups is 2. The van der Waals surface area contributed by atoms with Gasteiger partial charge in [0.1, 0.15) is 0 Å². The van der Waals surface area contributed by atoms with Gasteiger partial charge in [-0.2, -0.15) is 13.2 Å². The molecule has 4 rings (SSSR count). The first-order chi connectivity index (χ1) is 17.6. The zero-order valence-corrected chi connectivity index (χ0v) is 20.2. The van der Waals surface area contributed by atoms with Crippen molar-refractivity contribution in [3.63, 3.8) is 0 Å². The van der Waals surface area contributed by atoms with E-state index >= 15 is 0 Å². The number of hydrogen-bond acceptors (Lipinski definition) is 2. The first-order valence-corrected chi connectivity index (χ1v) is 12.2. The average Bonchev–Trinajstić information content (AvgIpc) is 2.88. The summed E-state index contributed by atoms with van der Waals surface area (Å²) >= 11 is 0. The Hall–Kier alpha value is -3.87. The SMILES string of the molecule is O=C(O)/C=C/c1cccc(NC(=O)C2(Cc3ccc(-c4ccc(C(F)(F)F)cc4)cc3)CCCCC2)c1. The minimum atomic E-state index is -4.37. The number of carbonyl (C=O) groups excluding carboxylic acids is 1. The Morgan fingerprint density at radius 3 is 2.11 bits per heavy atom. The summed E-state index contributed by atoms with van der Waals surface area (Å²) in [5, 5.41) is 11.9. The predicted octanol–water partition coefficient (Wildman–Crippen LogP) is 7.60. The van der Waals surface area contributed by atoms with E-state index in [0.717, 1.165) is 61.4 Å². The first-order valence-electron chi connectivity index (χ1n) is 12.2. The van der Waals surface area contributed by atoms with Gasteiger partial charge in [0.2, 0.25) is 5.91 Å². The molecule has 0 spiro atoms. The van der Waals surface area contributed by atoms with E-state index in [1.807, 2.05) is 24.3 Å². The van der Waals surface area contributed by atoms with Gasteiger partial charge in [-0.1, -0.05) is 67.8 Å². The fraction of sp³-hybridized carbons (Fsp3) is 0.267. The van der Waals surface area contributed by atoms with Crippen molar-refractivity contribution in [2.75, 3.05) is 5.32 Å². The van der Waals surface area contributed by atoms with E-state index in [1.165, 1.54) is 18.2 Å². The minimum absolute atomic E-state index is 0.0571. The van der Waals surface area contributed by atoms with Crippen molar-refractivity contribution in [2.24, 2.45) is 5.41 Å². The minimum Gasteiger partial charge on any atom is -0.478 e. The summed E-state index contributed by atoms with van der Waals surface area (Å²) in [6.07, 6.45) is 3.24. The van der Waals surface area contributed by atoms with E-state index in [4.69, 9.17) is 5.11 Å². The van der Waals surface area contributed by atoms with Crippen LogP contribution in [0.2, 0.25) is 0 Å². The molecule has 0 bridgehead atoms. The second-order valence-corrected chi connectivity index (χ2v) is 9.54. The molecule has 1 amide bonds. The van der Waals surface area contributed by atoms with Crippen LogP contribution in [0.3, 0.4) is 0 Å². The molecule has 0 radical (unpaired) electrons. The van der Waals surface area contributed by atoms with Crippen molar-refractivity contribution in [2.45, 2.75) is 44.7 Å². The van der Waals surface area contributed by atoms with Crippen molar-refractivity contribution in [1.82, 2.24) is 0 Å². The maximum Gasteiger partial charge on any atom is 0.416 e. The number of anilines is 1. The van der Waals surface area contributed by atoms with Gasteiger partial charge in [0.25, 0.3) is 0 Å². The summed E-state index contributed by atoms with van der Waals surface area (Å²) in [7, 11) is 0. The third-order valence-electron chi connectivity index (χ3n) is 6.90. The van der Waals surface area contributed by atoms with Gasteiger partial charge in [0, 0.05) is 11.8 Å². The number of nitrogens with one attached hydrogen (secondary N) is 1. The highest BCUT2D eigenvalue weighted by Crippen LogP contribution is 2.41. The molecule has 3 aromatic carbocycles. The zero-order chi connectivity index (χ0) is 26.5. The van der Waals surface area contributed by atoms with Crippen LogP contribution in [0.5, 0.6) is 0 Å². The van der Waals surface area contributed by atoms with Gasteiger partial charge < -0.3 is 10.4 Å². The molecule has 0 unspecified atom stereocenters. The Labute approximate surface area is 213 Å². The maximum atomic E-state index is 13.6. The molecule has 0 atom stereocenters. The van der Waals surface area contributed by atoms with Gasteiger partial charge in [-0.05, 0) is 71.9 Å². The summed E-state index contributed by atoms with van der Waals surface area (Å²) in [4.78, 5) is 24.4. The fourth-order valence-corrected chi connectivity index (χ4v) is 4.92. The van der Waals surface area contributed by atoms with Gasteiger partial charge in [0.15, 0.2) is 0 Å². The number of rotatable bonds is 7. The lowest BCUT2D eigenvalue weighted by Crippen LogP contribution is -2.40. The Kier molecular flexibility index (Phi) is 7.81. The van der Waals surface area contributed by atoms with E-state index < -0.39 is 23.1 Å². The van der Waals surface area contributed by atoms with Crippen LogP contribution in [-0.2, 0) is 22.2 Å². The van der Waals surface area contributed by atoms with Gasteiger partial charge in [-0.25, -0.2) is 4.79 Å². The molecule has 1 fully saturated rings. The van der Waals surface area contributed by atoms with Crippen LogP contribution >= 0.6 is 0 Å². The summed E-state index contributed by atoms with van der Waals surface area (Å²) in [6.45, 7) is 0. The second-order valence-electron chi connectivity index (χ2n) is 9.54. The Morgan fingerprint density at radius 2 is 1.51 bits per heavy atom. The number of hydrogen-bond donors (Lipinski definition) is 2. The Morgan fingerprint density at radius 1 is 0.892 bits per heavy atom. The van der Waals surface area contributed by atoms with Crippen LogP contribution < -0.4 is 5.32 Å². The second kappa shape index (κ2) is 11.0. The highest BCUT2D eigenvalue weighted by molar-refractivity contribution is 5.96. The van der Waals surface area contributed by atoms with Crippen LogP contribution in [0.25, 0.3) is 17.2 Å². The first kappa shape index (κ1) is 26.2. The lowest BCUT2D eigenvalue weighted by atomic mass is 9.69. The summed E-state index contributed by atoms with van der Waals surface area (Å²) in [5.74, 6) is -1.10. The Balaban J connectivity index is 1.50. The number of benzene rings is 3. The summed E-state index contributed by atoms with van der Waals surface area (Å²) in [6, 6.07) is 19.8. The van der Waals surface area contributed by atoms with Gasteiger partial charge in [0.05, 0.1) is 11.0 Å². The van der Waals surface area contributed by atoms with Crippen molar-refractivity contribution >= 4 is 23.6 Å². The summed E-state index contributed by atoms with van der Waals surface area (Å²) < 4.78 is 38.6. The van der Waals surface area contributed by atoms with Crippen LogP contribution in [0.1, 0.15) is 48.8 Å². The van der Waals surface area contributed by atoms with Crippen LogP contribution in [0.4, 0.5) is 18.9 Å². The smallest absolute Gasteiger partial charge is 0.416 e. The molecule has 2 N–H and O–H groups in total. The summed E-state index contributed by atoms with van der Waals surface area (Å²) in [5.41, 5.74) is 2.54. The molecule has 0 aromatic heterocycles. The molecule has 4 nitrogen and oxygen atoms in total. The monoisotopic (exact) mass is 507 g/mol. The molecule has 0 heterocycles. The van der Waals surface area contributed by atoms with Gasteiger partial charge >= 0.3 is 12.1 Å². The van der Waals surface area contributed by atoms with E-state index in [9.17, 15) is 22.8 Å². The van der Waals surface area contributed by atoms with E-state index in [2.05, 4.69) is 5.32 Å². The number of carboxylic acid groups (broad SMARTS) is 1. The third-order valence-corrected chi connectivity index (χ3v) is 6.90. The molecule has 37 heavy (non-hydrogen) atoms. The predicted molar refractivity (Wildman–Crippen MR) is 138 cm³/mol. The standard InChI is InChI=1S/C30H28F3NO3/c31-30(32,33)25-14-12-24(13-15-25)23-10-7-22(8-11-23)20-29(17-2-1-3-18-29)28(37)34-26-6-4-5-21(19-26)9-16-27(35)36/h4-16,19H,1-3,17-18,20H2,(H,34,37)(H,35,36)/b16-9+. The Bertz CT molecular complexity index is 1270. The van der Waals surface area contributed by atoms with E-state index in [0.29, 0.717) is 23.2 Å². The average molecular weight is 508 g/mol. The molecule has 192 valence electrons. The fourth-order valence-electron chi connectivity index (χ4n) is 4.92. The quantitative estimate of drug-likeness (QED) is 0.324.